The van der Waals surface area contributed by atoms with Crippen LogP contribution in [-0.2, 0) is 9.57 Å². The fourth-order valence-electron chi connectivity index (χ4n) is 1.40. The van der Waals surface area contributed by atoms with E-state index in [1.54, 1.807) is 7.05 Å². The van der Waals surface area contributed by atoms with E-state index >= 15 is 0 Å². The van der Waals surface area contributed by atoms with Crippen LogP contribution in [0.15, 0.2) is 5.28 Å². The third-order valence-corrected chi connectivity index (χ3v) is 2.99. The highest BCUT2D eigenvalue weighted by Gasteiger charge is 2.36. The van der Waals surface area contributed by atoms with Gasteiger partial charge in [0, 0.05) is 0 Å². The van der Waals surface area contributed by atoms with Gasteiger partial charge in [-0.1, -0.05) is 0 Å². The maximum absolute atomic E-state index is 11.7. The van der Waals surface area contributed by atoms with Crippen molar-refractivity contribution < 1.29 is 19.3 Å². The molecule has 0 aliphatic carbocycles. The molecule has 1 amide bonds. The molecular weight excluding hydrogens is 276 g/mol. The summed E-state index contributed by atoms with van der Waals surface area (Å²) in [4.78, 5) is 18.7. The Morgan fingerprint density at radius 3 is 2.24 bits per heavy atom. The zero-order chi connectivity index (χ0) is 16.4. The van der Waals surface area contributed by atoms with Gasteiger partial charge in [-0.3, -0.25) is 0 Å². The first-order chi connectivity index (χ1) is 9.40. The number of hydrazine groups is 1. The first-order valence-electron chi connectivity index (χ1n) is 6.96. The molecule has 0 aromatic rings. The zero-order valence-electron chi connectivity index (χ0n) is 13.9. The van der Waals surface area contributed by atoms with Crippen LogP contribution in [-0.4, -0.2) is 58.4 Å². The van der Waals surface area contributed by atoms with E-state index < -0.39 is 5.60 Å². The lowest BCUT2D eigenvalue weighted by atomic mass is 10.1. The molecule has 0 bridgehead atoms. The van der Waals surface area contributed by atoms with Crippen molar-refractivity contribution in [2.24, 2.45) is 5.28 Å². The highest BCUT2D eigenvalue weighted by atomic mass is 16.7. The maximum atomic E-state index is 11.7. The van der Waals surface area contributed by atoms with Gasteiger partial charge >= 0.3 is 6.09 Å². The van der Waals surface area contributed by atoms with Crippen molar-refractivity contribution in [3.63, 3.8) is 0 Å². The summed E-state index contributed by atoms with van der Waals surface area (Å²) < 4.78 is 5.22. The summed E-state index contributed by atoms with van der Waals surface area (Å²) in [5.41, 5.74) is -0.870. The molecule has 8 nitrogen and oxygen atoms in total. The average Bonchev–Trinajstić information content (AvgIpc) is 2.21. The Kier molecular flexibility index (Phi) is 4.91. The van der Waals surface area contributed by atoms with Crippen LogP contribution in [0.4, 0.5) is 4.79 Å². The van der Waals surface area contributed by atoms with Gasteiger partial charge in [0.15, 0.2) is 6.10 Å². The zero-order valence-corrected chi connectivity index (χ0v) is 13.9. The maximum Gasteiger partial charge on any atom is 0.410 e. The van der Waals surface area contributed by atoms with E-state index in [-0.39, 0.29) is 17.7 Å². The van der Waals surface area contributed by atoms with Gasteiger partial charge in [0.25, 0.3) is 0 Å². The molecule has 1 heterocycles. The molecule has 0 unspecified atom stereocenters. The van der Waals surface area contributed by atoms with Crippen LogP contribution < -0.4 is 0 Å². The first-order valence-corrected chi connectivity index (χ1v) is 6.96. The second kappa shape index (κ2) is 5.95. The predicted octanol–water partition coefficient (Wildman–Crippen LogP) is 2.15. The summed E-state index contributed by atoms with van der Waals surface area (Å²) in [5.74, 6) is 0. The molecule has 1 aliphatic heterocycles. The Labute approximate surface area is 125 Å². The fourth-order valence-corrected chi connectivity index (χ4v) is 1.40. The normalized spacial score (nSPS) is 17.3. The van der Waals surface area contributed by atoms with Crippen molar-refractivity contribution in [1.82, 2.24) is 9.91 Å². The lowest BCUT2D eigenvalue weighted by molar-refractivity contribution is -0.720. The van der Waals surface area contributed by atoms with Crippen LogP contribution in [0.5, 0.6) is 0 Å². The van der Waals surface area contributed by atoms with Crippen LogP contribution in [0.1, 0.15) is 41.5 Å². The highest BCUT2D eigenvalue weighted by molar-refractivity contribution is 5.69. The summed E-state index contributed by atoms with van der Waals surface area (Å²) in [6.45, 7) is 11.8. The SMILES string of the molecule is CN(/[N+]([O-])=N\OC1CN(C(=O)OC(C)(C)C)C1)C(C)(C)C. The van der Waals surface area contributed by atoms with E-state index in [0.29, 0.717) is 18.1 Å². The Morgan fingerprint density at radius 2 is 1.81 bits per heavy atom. The van der Waals surface area contributed by atoms with Gasteiger partial charge < -0.3 is 19.7 Å². The van der Waals surface area contributed by atoms with Gasteiger partial charge in [-0.15, -0.1) is 5.01 Å². The number of hydrogen-bond acceptors (Lipinski definition) is 5. The lowest BCUT2D eigenvalue weighted by Crippen LogP contribution is -2.55. The second-order valence-electron chi connectivity index (χ2n) is 7.14. The predicted molar refractivity (Wildman–Crippen MR) is 76.3 cm³/mol. The van der Waals surface area contributed by atoms with Crippen LogP contribution in [0.2, 0.25) is 0 Å². The summed E-state index contributed by atoms with van der Waals surface area (Å²) in [7, 11) is 1.63. The molecule has 122 valence electrons. The molecule has 0 atom stereocenters. The molecule has 1 fully saturated rings. The van der Waals surface area contributed by atoms with Crippen molar-refractivity contribution in [2.45, 2.75) is 58.8 Å². The quantitative estimate of drug-likeness (QED) is 0.453. The van der Waals surface area contributed by atoms with Gasteiger partial charge in [-0.25, -0.2) is 4.79 Å². The topological polar surface area (TPSA) is 80.4 Å². The minimum absolute atomic E-state index is 0.276. The van der Waals surface area contributed by atoms with Gasteiger partial charge in [0.1, 0.15) is 5.60 Å². The van der Waals surface area contributed by atoms with Crippen molar-refractivity contribution in [3.8, 4) is 0 Å². The van der Waals surface area contributed by atoms with E-state index in [4.69, 9.17) is 9.57 Å². The lowest BCUT2D eigenvalue weighted by Gasteiger charge is -2.37. The molecule has 1 rings (SSSR count). The second-order valence-corrected chi connectivity index (χ2v) is 7.14. The smallest absolute Gasteiger partial charge is 0.410 e. The molecule has 0 N–H and O–H groups in total. The largest absolute Gasteiger partial charge is 0.569 e. The number of likely N-dealkylation sites (tertiary alicyclic amines) is 1. The van der Waals surface area contributed by atoms with E-state index in [1.807, 2.05) is 41.5 Å². The Hall–Kier alpha value is -1.73. The third-order valence-electron chi connectivity index (χ3n) is 2.99. The number of nitrogens with zero attached hydrogens (tertiary/aromatic N) is 4. The van der Waals surface area contributed by atoms with Gasteiger partial charge in [0.05, 0.1) is 30.6 Å². The molecule has 0 saturated carbocycles. The molecule has 0 aromatic heterocycles. The van der Waals surface area contributed by atoms with Gasteiger partial charge in [0.2, 0.25) is 5.28 Å². The fraction of sp³-hybridized carbons (Fsp3) is 0.923. The molecule has 1 saturated heterocycles. The standard InChI is InChI=1S/C13H26N4O4/c1-12(2,3)15(7)17(19)14-21-10-8-16(9-10)11(18)20-13(4,5)6/h10H,8-9H2,1-7H3/b17-14+. The number of amides is 1. The van der Waals surface area contributed by atoms with Crippen molar-refractivity contribution in [3.05, 3.63) is 5.21 Å². The molecule has 21 heavy (non-hydrogen) atoms. The minimum atomic E-state index is -0.519. The molecule has 0 aromatic carbocycles. The van der Waals surface area contributed by atoms with E-state index in [1.165, 1.54) is 9.91 Å². The molecule has 0 radical (unpaired) electrons. The number of carbonyl (C=O) groups excluding carboxylic acids is 1. The van der Waals surface area contributed by atoms with E-state index in [0.717, 1.165) is 0 Å². The van der Waals surface area contributed by atoms with E-state index in [2.05, 4.69) is 5.28 Å². The summed E-state index contributed by atoms with van der Waals surface area (Å²) in [6.07, 6.45) is -0.657. The van der Waals surface area contributed by atoms with Crippen LogP contribution in [0, 0.1) is 5.21 Å². The molecule has 8 heteroatoms. The Balaban J connectivity index is 2.37. The average molecular weight is 302 g/mol. The number of hydrogen-bond donors (Lipinski definition) is 0. The number of carbonyl (C=O) groups is 1. The number of rotatable bonds is 3. The molecule has 0 spiro atoms. The minimum Gasteiger partial charge on any atom is -0.569 e. The summed E-state index contributed by atoms with van der Waals surface area (Å²) in [6, 6.07) is 0. The molecular formula is C13H26N4O4. The van der Waals surface area contributed by atoms with Crippen LogP contribution >= 0.6 is 0 Å². The summed E-state index contributed by atoms with van der Waals surface area (Å²) in [5, 5.41) is 16.6. The third kappa shape index (κ3) is 5.28. The van der Waals surface area contributed by atoms with E-state index in [9.17, 15) is 10.0 Å². The highest BCUT2D eigenvalue weighted by Crippen LogP contribution is 2.17. The monoisotopic (exact) mass is 302 g/mol. The number of ether oxygens (including phenoxy) is 1. The van der Waals surface area contributed by atoms with Gasteiger partial charge in [-0.2, -0.15) is 0 Å². The Bertz CT molecular complexity index is 405. The van der Waals surface area contributed by atoms with Crippen LogP contribution in [0.3, 0.4) is 0 Å². The Morgan fingerprint density at radius 1 is 1.29 bits per heavy atom. The van der Waals surface area contributed by atoms with Crippen molar-refractivity contribution in [2.75, 3.05) is 20.1 Å². The molecule has 1 aliphatic rings. The van der Waals surface area contributed by atoms with Crippen molar-refractivity contribution >= 4 is 6.09 Å². The van der Waals surface area contributed by atoms with Gasteiger partial charge in [-0.05, 0) is 41.5 Å². The van der Waals surface area contributed by atoms with Crippen molar-refractivity contribution in [1.29, 1.82) is 0 Å². The van der Waals surface area contributed by atoms with Crippen LogP contribution in [0.25, 0.3) is 0 Å². The first kappa shape index (κ1) is 17.3. The summed E-state index contributed by atoms with van der Waals surface area (Å²) >= 11 is 0.